The summed E-state index contributed by atoms with van der Waals surface area (Å²) in [5.41, 5.74) is 1.23. The maximum Gasteiger partial charge on any atom is 0.306 e. The standard InChI is InChI=1S/C21H31FO4/c1-13(2)20(17-9-8-16(22)12-14(17)3)15(4)25-18(23)10-11-19(24)26-21(5,6)7/h8-9,12-13,15,20H,10-11H2,1-7H3/t15-,20+/m0/s1. The van der Waals surface area contributed by atoms with Crippen LogP contribution < -0.4 is 0 Å². The first-order valence-electron chi connectivity index (χ1n) is 9.08. The molecule has 0 spiro atoms. The molecule has 4 nitrogen and oxygen atoms in total. The Morgan fingerprint density at radius 1 is 1.08 bits per heavy atom. The highest BCUT2D eigenvalue weighted by Gasteiger charge is 2.27. The normalized spacial score (nSPS) is 14.0. The zero-order valence-electron chi connectivity index (χ0n) is 16.9. The average molecular weight is 366 g/mol. The summed E-state index contributed by atoms with van der Waals surface area (Å²) < 4.78 is 24.1. The van der Waals surface area contributed by atoms with Crippen molar-refractivity contribution in [1.82, 2.24) is 0 Å². The molecule has 5 heteroatoms. The minimum atomic E-state index is -0.572. The molecule has 0 aromatic heterocycles. The van der Waals surface area contributed by atoms with Crippen molar-refractivity contribution >= 4 is 11.9 Å². The summed E-state index contributed by atoms with van der Waals surface area (Å²) in [5, 5.41) is 0. The number of carbonyl (C=O) groups is 2. The van der Waals surface area contributed by atoms with Gasteiger partial charge in [-0.3, -0.25) is 9.59 Å². The third-order valence-electron chi connectivity index (χ3n) is 4.09. The van der Waals surface area contributed by atoms with Crippen molar-refractivity contribution in [3.8, 4) is 0 Å². The number of aryl methyl sites for hydroxylation is 1. The highest BCUT2D eigenvalue weighted by molar-refractivity contribution is 5.78. The Balaban J connectivity index is 2.71. The molecule has 0 aliphatic carbocycles. The molecule has 1 rings (SSSR count). The van der Waals surface area contributed by atoms with E-state index >= 15 is 0 Å². The number of benzene rings is 1. The fourth-order valence-corrected chi connectivity index (χ4v) is 3.10. The van der Waals surface area contributed by atoms with Gasteiger partial charge in [0.05, 0.1) is 12.8 Å². The predicted molar refractivity (Wildman–Crippen MR) is 99.3 cm³/mol. The van der Waals surface area contributed by atoms with E-state index in [-0.39, 0.29) is 36.6 Å². The van der Waals surface area contributed by atoms with Gasteiger partial charge < -0.3 is 9.47 Å². The second-order valence-corrected chi connectivity index (χ2v) is 8.05. The quantitative estimate of drug-likeness (QED) is 0.642. The van der Waals surface area contributed by atoms with Crippen LogP contribution in [0.1, 0.15) is 71.4 Å². The third-order valence-corrected chi connectivity index (χ3v) is 4.09. The lowest BCUT2D eigenvalue weighted by Gasteiger charge is -2.29. The second-order valence-electron chi connectivity index (χ2n) is 8.05. The summed E-state index contributed by atoms with van der Waals surface area (Å²) in [5.74, 6) is -0.990. The number of hydrogen-bond acceptors (Lipinski definition) is 4. The number of rotatable bonds is 7. The molecule has 0 bridgehead atoms. The van der Waals surface area contributed by atoms with Crippen molar-refractivity contribution in [3.05, 3.63) is 35.1 Å². The van der Waals surface area contributed by atoms with Gasteiger partial charge in [-0.25, -0.2) is 4.39 Å². The van der Waals surface area contributed by atoms with E-state index in [1.165, 1.54) is 12.1 Å². The van der Waals surface area contributed by atoms with Crippen molar-refractivity contribution in [2.45, 2.75) is 78.9 Å². The first-order valence-corrected chi connectivity index (χ1v) is 9.08. The molecule has 0 aliphatic rings. The van der Waals surface area contributed by atoms with Crippen molar-refractivity contribution < 1.29 is 23.5 Å². The monoisotopic (exact) mass is 366 g/mol. The molecule has 0 radical (unpaired) electrons. The van der Waals surface area contributed by atoms with Crippen LogP contribution in [-0.2, 0) is 19.1 Å². The van der Waals surface area contributed by atoms with E-state index in [4.69, 9.17) is 9.47 Å². The minimum absolute atomic E-state index is 0.00918. The molecule has 0 amide bonds. The van der Waals surface area contributed by atoms with Gasteiger partial charge in [-0.1, -0.05) is 19.9 Å². The zero-order valence-corrected chi connectivity index (χ0v) is 16.9. The third kappa shape index (κ3) is 7.14. The van der Waals surface area contributed by atoms with Crippen LogP contribution in [0.25, 0.3) is 0 Å². The summed E-state index contributed by atoms with van der Waals surface area (Å²) in [6.45, 7) is 13.1. The predicted octanol–water partition coefficient (Wildman–Crippen LogP) is 4.93. The van der Waals surface area contributed by atoms with Gasteiger partial charge in [0.1, 0.15) is 17.5 Å². The lowest BCUT2D eigenvalue weighted by Crippen LogP contribution is -2.28. The molecular weight excluding hydrogens is 335 g/mol. The van der Waals surface area contributed by atoms with E-state index in [9.17, 15) is 14.0 Å². The molecular formula is C21H31FO4. The van der Waals surface area contributed by atoms with Gasteiger partial charge in [-0.2, -0.15) is 0 Å². The van der Waals surface area contributed by atoms with Crippen LogP contribution in [0.3, 0.4) is 0 Å². The number of carbonyl (C=O) groups excluding carboxylic acids is 2. The van der Waals surface area contributed by atoms with Crippen LogP contribution in [0.4, 0.5) is 4.39 Å². The van der Waals surface area contributed by atoms with E-state index < -0.39 is 17.5 Å². The van der Waals surface area contributed by atoms with Gasteiger partial charge in [-0.05, 0) is 63.8 Å². The number of hydrogen-bond donors (Lipinski definition) is 0. The van der Waals surface area contributed by atoms with Gasteiger partial charge in [-0.15, -0.1) is 0 Å². The Bertz CT molecular complexity index is 631. The topological polar surface area (TPSA) is 52.6 Å². The SMILES string of the molecule is Cc1cc(F)ccc1[C@H](C(C)C)[C@H](C)OC(=O)CCC(=O)OC(C)(C)C. The van der Waals surface area contributed by atoms with Gasteiger partial charge in [0, 0.05) is 5.92 Å². The molecule has 0 unspecified atom stereocenters. The summed E-state index contributed by atoms with van der Waals surface area (Å²) in [7, 11) is 0. The largest absolute Gasteiger partial charge is 0.462 e. The second kappa shape index (κ2) is 9.15. The Hall–Kier alpha value is -1.91. The summed E-state index contributed by atoms with van der Waals surface area (Å²) in [6.07, 6.45) is -0.415. The number of ether oxygens (including phenoxy) is 2. The van der Waals surface area contributed by atoms with Crippen LogP contribution in [0.2, 0.25) is 0 Å². The molecule has 1 aromatic rings. The summed E-state index contributed by atoms with van der Waals surface area (Å²) >= 11 is 0. The Labute approximate surface area is 156 Å². The molecule has 0 N–H and O–H groups in total. The van der Waals surface area contributed by atoms with E-state index in [0.29, 0.717) is 0 Å². The van der Waals surface area contributed by atoms with Gasteiger partial charge in [0.15, 0.2) is 0 Å². The lowest BCUT2D eigenvalue weighted by molar-refractivity contribution is -0.159. The average Bonchev–Trinajstić information content (AvgIpc) is 2.45. The van der Waals surface area contributed by atoms with Gasteiger partial charge in [0.25, 0.3) is 0 Å². The maximum absolute atomic E-state index is 13.4. The van der Waals surface area contributed by atoms with Crippen LogP contribution in [0.5, 0.6) is 0 Å². The molecule has 1 aromatic carbocycles. The van der Waals surface area contributed by atoms with Crippen molar-refractivity contribution in [2.24, 2.45) is 5.92 Å². The fraction of sp³-hybridized carbons (Fsp3) is 0.619. The number of esters is 2. The Morgan fingerprint density at radius 2 is 1.65 bits per heavy atom. The molecule has 0 saturated heterocycles. The van der Waals surface area contributed by atoms with Crippen molar-refractivity contribution in [2.75, 3.05) is 0 Å². The first-order chi connectivity index (χ1) is 11.9. The molecule has 146 valence electrons. The number of halogens is 1. The highest BCUT2D eigenvalue weighted by atomic mass is 19.1. The summed E-state index contributed by atoms with van der Waals surface area (Å²) in [4.78, 5) is 23.9. The minimum Gasteiger partial charge on any atom is -0.462 e. The fourth-order valence-electron chi connectivity index (χ4n) is 3.10. The smallest absolute Gasteiger partial charge is 0.306 e. The maximum atomic E-state index is 13.4. The highest BCUT2D eigenvalue weighted by Crippen LogP contribution is 2.32. The van der Waals surface area contributed by atoms with Gasteiger partial charge >= 0.3 is 11.9 Å². The lowest BCUT2D eigenvalue weighted by atomic mass is 9.82. The van der Waals surface area contributed by atoms with E-state index in [2.05, 4.69) is 0 Å². The Morgan fingerprint density at radius 3 is 2.15 bits per heavy atom. The van der Waals surface area contributed by atoms with Crippen molar-refractivity contribution in [3.63, 3.8) is 0 Å². The molecule has 0 fully saturated rings. The summed E-state index contributed by atoms with van der Waals surface area (Å²) in [6, 6.07) is 4.66. The van der Waals surface area contributed by atoms with Crippen LogP contribution in [0.15, 0.2) is 18.2 Å². The van der Waals surface area contributed by atoms with Crippen molar-refractivity contribution in [1.29, 1.82) is 0 Å². The molecule has 0 saturated carbocycles. The van der Waals surface area contributed by atoms with E-state index in [0.717, 1.165) is 11.1 Å². The van der Waals surface area contributed by atoms with Crippen LogP contribution >= 0.6 is 0 Å². The molecule has 2 atom stereocenters. The van der Waals surface area contributed by atoms with E-state index in [1.807, 2.05) is 27.7 Å². The van der Waals surface area contributed by atoms with E-state index in [1.54, 1.807) is 26.8 Å². The van der Waals surface area contributed by atoms with Crippen LogP contribution in [-0.4, -0.2) is 23.6 Å². The Kier molecular flexibility index (Phi) is 7.79. The first kappa shape index (κ1) is 22.1. The molecule has 0 aliphatic heterocycles. The molecule has 0 heterocycles. The molecule has 26 heavy (non-hydrogen) atoms. The van der Waals surface area contributed by atoms with Gasteiger partial charge in [0.2, 0.25) is 0 Å². The van der Waals surface area contributed by atoms with Crippen LogP contribution in [0, 0.1) is 18.7 Å². The zero-order chi connectivity index (χ0) is 20.1.